The van der Waals surface area contributed by atoms with Gasteiger partial charge >= 0.3 is 0 Å². The van der Waals surface area contributed by atoms with E-state index in [9.17, 15) is 0 Å². The maximum atomic E-state index is 6.11. The molecule has 1 unspecified atom stereocenters. The van der Waals surface area contributed by atoms with E-state index in [1.807, 2.05) is 11.6 Å². The number of nitrogens with two attached hydrogens (primary N) is 1. The molecule has 0 radical (unpaired) electrons. The second-order valence-corrected chi connectivity index (χ2v) is 6.06. The summed E-state index contributed by atoms with van der Waals surface area (Å²) in [6.45, 7) is 0.774. The summed E-state index contributed by atoms with van der Waals surface area (Å²) in [4.78, 5) is 11.2. The topological polar surface area (TPSA) is 54.5 Å². The SMILES string of the molecule is NC1=NCC(c2nccs2)N1C1CCCCCC1. The highest BCUT2D eigenvalue weighted by Crippen LogP contribution is 2.33. The van der Waals surface area contributed by atoms with Gasteiger partial charge in [-0.2, -0.15) is 0 Å². The largest absolute Gasteiger partial charge is 0.370 e. The third-order valence-electron chi connectivity index (χ3n) is 3.98. The van der Waals surface area contributed by atoms with Gasteiger partial charge in [-0.15, -0.1) is 11.3 Å². The highest BCUT2D eigenvalue weighted by molar-refractivity contribution is 7.09. The Bertz CT molecular complexity index is 407. The number of aliphatic imine (C=N–C) groups is 1. The van der Waals surface area contributed by atoms with Crippen LogP contribution in [0.4, 0.5) is 0 Å². The van der Waals surface area contributed by atoms with Gasteiger partial charge < -0.3 is 10.6 Å². The van der Waals surface area contributed by atoms with E-state index in [-0.39, 0.29) is 6.04 Å². The monoisotopic (exact) mass is 264 g/mol. The Labute approximate surface area is 112 Å². The molecule has 0 spiro atoms. The minimum Gasteiger partial charge on any atom is -0.370 e. The molecule has 98 valence electrons. The van der Waals surface area contributed by atoms with Crippen molar-refractivity contribution >= 4 is 17.3 Å². The van der Waals surface area contributed by atoms with Crippen molar-refractivity contribution in [1.82, 2.24) is 9.88 Å². The van der Waals surface area contributed by atoms with Crippen molar-refractivity contribution in [2.24, 2.45) is 10.7 Å². The Kier molecular flexibility index (Phi) is 3.50. The van der Waals surface area contributed by atoms with Crippen molar-refractivity contribution in [3.63, 3.8) is 0 Å². The highest BCUT2D eigenvalue weighted by atomic mass is 32.1. The molecule has 0 aromatic carbocycles. The first-order valence-electron chi connectivity index (χ1n) is 6.84. The summed E-state index contributed by atoms with van der Waals surface area (Å²) in [5.74, 6) is 0.724. The maximum Gasteiger partial charge on any atom is 0.192 e. The first kappa shape index (κ1) is 12.0. The predicted molar refractivity (Wildman–Crippen MR) is 74.7 cm³/mol. The fourth-order valence-electron chi connectivity index (χ4n) is 3.08. The fraction of sp³-hybridized carbons (Fsp3) is 0.692. The van der Waals surface area contributed by atoms with E-state index in [0.717, 1.165) is 17.5 Å². The molecule has 1 saturated carbocycles. The summed E-state index contributed by atoms with van der Waals surface area (Å²) in [5.41, 5.74) is 6.11. The van der Waals surface area contributed by atoms with Gasteiger partial charge in [-0.05, 0) is 12.8 Å². The summed E-state index contributed by atoms with van der Waals surface area (Å²) in [5, 5.41) is 3.19. The lowest BCUT2D eigenvalue weighted by molar-refractivity contribution is 0.237. The molecule has 2 aliphatic rings. The predicted octanol–water partition coefficient (Wildman–Crippen LogP) is 2.54. The zero-order valence-electron chi connectivity index (χ0n) is 10.6. The first-order valence-corrected chi connectivity index (χ1v) is 7.72. The van der Waals surface area contributed by atoms with Crippen molar-refractivity contribution in [2.75, 3.05) is 6.54 Å². The number of aromatic nitrogens is 1. The van der Waals surface area contributed by atoms with E-state index < -0.39 is 0 Å². The molecule has 1 atom stereocenters. The Hall–Kier alpha value is -1.10. The third kappa shape index (κ3) is 2.23. The summed E-state index contributed by atoms with van der Waals surface area (Å²) >= 11 is 1.71. The van der Waals surface area contributed by atoms with Crippen molar-refractivity contribution in [3.8, 4) is 0 Å². The standard InChI is InChI=1S/C13H20N4S/c14-13-16-9-11(12-15-7-8-18-12)17(13)10-5-3-1-2-4-6-10/h7-8,10-11H,1-6,9H2,(H2,14,16). The normalized spacial score (nSPS) is 26.1. The molecule has 1 aliphatic carbocycles. The van der Waals surface area contributed by atoms with Crippen molar-refractivity contribution < 1.29 is 0 Å². The summed E-state index contributed by atoms with van der Waals surface area (Å²) in [7, 11) is 0. The van der Waals surface area contributed by atoms with Crippen LogP contribution in [0, 0.1) is 0 Å². The van der Waals surface area contributed by atoms with Crippen LogP contribution in [0.25, 0.3) is 0 Å². The molecule has 2 heterocycles. The van der Waals surface area contributed by atoms with Gasteiger partial charge in [0.25, 0.3) is 0 Å². The van der Waals surface area contributed by atoms with Crippen molar-refractivity contribution in [1.29, 1.82) is 0 Å². The zero-order valence-corrected chi connectivity index (χ0v) is 11.4. The van der Waals surface area contributed by atoms with Gasteiger partial charge in [0.2, 0.25) is 0 Å². The Balaban J connectivity index is 1.80. The molecule has 18 heavy (non-hydrogen) atoms. The lowest BCUT2D eigenvalue weighted by Crippen LogP contribution is -2.43. The van der Waals surface area contributed by atoms with Crippen LogP contribution in [0.5, 0.6) is 0 Å². The number of guanidine groups is 1. The smallest absolute Gasteiger partial charge is 0.192 e. The molecule has 1 aromatic heterocycles. The van der Waals surface area contributed by atoms with Crippen LogP contribution in [-0.2, 0) is 0 Å². The lowest BCUT2D eigenvalue weighted by Gasteiger charge is -2.33. The van der Waals surface area contributed by atoms with Crippen molar-refractivity contribution in [3.05, 3.63) is 16.6 Å². The minimum atomic E-state index is 0.285. The lowest BCUT2D eigenvalue weighted by atomic mass is 10.1. The molecule has 0 saturated heterocycles. The molecule has 4 nitrogen and oxygen atoms in total. The number of thiazole rings is 1. The fourth-order valence-corrected chi connectivity index (χ4v) is 3.81. The molecule has 1 aromatic rings. The van der Waals surface area contributed by atoms with E-state index in [1.54, 1.807) is 11.3 Å². The van der Waals surface area contributed by atoms with Crippen LogP contribution in [0.2, 0.25) is 0 Å². The quantitative estimate of drug-likeness (QED) is 0.835. The van der Waals surface area contributed by atoms with E-state index in [0.29, 0.717) is 6.04 Å². The summed E-state index contributed by atoms with van der Waals surface area (Å²) < 4.78 is 0. The van der Waals surface area contributed by atoms with Crippen LogP contribution in [0.1, 0.15) is 49.6 Å². The molecule has 0 bridgehead atoms. The molecule has 0 amide bonds. The minimum absolute atomic E-state index is 0.285. The molecule has 1 aliphatic heterocycles. The second-order valence-electron chi connectivity index (χ2n) is 5.14. The van der Waals surface area contributed by atoms with Gasteiger partial charge in [0, 0.05) is 17.6 Å². The third-order valence-corrected chi connectivity index (χ3v) is 4.86. The van der Waals surface area contributed by atoms with Gasteiger partial charge in [0.05, 0.1) is 6.54 Å². The van der Waals surface area contributed by atoms with Gasteiger partial charge in [-0.1, -0.05) is 25.7 Å². The number of nitrogens with zero attached hydrogens (tertiary/aromatic N) is 3. The van der Waals surface area contributed by atoms with E-state index in [2.05, 4.69) is 14.9 Å². The Morgan fingerprint density at radius 2 is 2.00 bits per heavy atom. The molecular formula is C13H20N4S. The number of hydrogen-bond donors (Lipinski definition) is 1. The molecule has 3 rings (SSSR count). The summed E-state index contributed by atoms with van der Waals surface area (Å²) in [6.07, 6.45) is 9.74. The van der Waals surface area contributed by atoms with Crippen LogP contribution in [0.3, 0.4) is 0 Å². The second kappa shape index (κ2) is 5.26. The number of rotatable bonds is 2. The van der Waals surface area contributed by atoms with E-state index in [1.165, 1.54) is 38.5 Å². The van der Waals surface area contributed by atoms with Gasteiger partial charge in [-0.3, -0.25) is 4.99 Å². The van der Waals surface area contributed by atoms with Crippen LogP contribution >= 0.6 is 11.3 Å². The average Bonchev–Trinajstić information content (AvgIpc) is 2.93. The zero-order chi connectivity index (χ0) is 12.4. The van der Waals surface area contributed by atoms with Crippen LogP contribution in [-0.4, -0.2) is 28.4 Å². The molecule has 5 heteroatoms. The van der Waals surface area contributed by atoms with E-state index in [4.69, 9.17) is 5.73 Å². The van der Waals surface area contributed by atoms with Crippen molar-refractivity contribution in [2.45, 2.75) is 50.6 Å². The Morgan fingerprint density at radius 3 is 2.67 bits per heavy atom. The van der Waals surface area contributed by atoms with E-state index >= 15 is 0 Å². The van der Waals surface area contributed by atoms with Gasteiger partial charge in [0.1, 0.15) is 11.0 Å². The molecular weight excluding hydrogens is 244 g/mol. The van der Waals surface area contributed by atoms with Gasteiger partial charge in [-0.25, -0.2) is 4.98 Å². The number of hydrogen-bond acceptors (Lipinski definition) is 5. The summed E-state index contributed by atoms with van der Waals surface area (Å²) in [6, 6.07) is 0.848. The first-order chi connectivity index (χ1) is 8.86. The highest BCUT2D eigenvalue weighted by Gasteiger charge is 2.34. The van der Waals surface area contributed by atoms with Crippen LogP contribution in [0.15, 0.2) is 16.6 Å². The molecule has 1 fully saturated rings. The van der Waals surface area contributed by atoms with Crippen LogP contribution < -0.4 is 5.73 Å². The maximum absolute atomic E-state index is 6.11. The Morgan fingerprint density at radius 1 is 1.22 bits per heavy atom. The average molecular weight is 264 g/mol. The van der Waals surface area contributed by atoms with Gasteiger partial charge in [0.15, 0.2) is 5.96 Å². The molecule has 2 N–H and O–H groups in total.